The quantitative estimate of drug-likeness (QED) is 0.0243. The van der Waals surface area contributed by atoms with Gasteiger partial charge >= 0.3 is 7.82 Å². The molecule has 0 aromatic carbocycles. The molecule has 9 heteroatoms. The van der Waals surface area contributed by atoms with E-state index >= 15 is 0 Å². The van der Waals surface area contributed by atoms with Gasteiger partial charge in [-0.25, -0.2) is 4.57 Å². The number of carbonyl (C=O) groups excluding carboxylic acids is 1. The van der Waals surface area contributed by atoms with Crippen LogP contribution in [0, 0.1) is 0 Å². The predicted octanol–water partition coefficient (Wildman–Crippen LogP) is 19.3. The SMILES string of the molecule is CCCCCCCCCCCCC/C=C\C/C=C\CCCCCCCCCCCCCCCCCCCC(=O)NC(COP(=O)(O)OCC[N+](C)(C)C)C(O)/C=C/CCCCCCCCCCCCCCC. The third kappa shape index (κ3) is 56.4. The molecule has 3 unspecified atom stereocenters. The number of aliphatic hydroxyl groups excluding tert-OH is 1. The molecule has 8 nitrogen and oxygen atoms in total. The highest BCUT2D eigenvalue weighted by Crippen LogP contribution is 2.43. The van der Waals surface area contributed by atoms with Gasteiger partial charge in [0.05, 0.1) is 39.9 Å². The molecular weight excluding hydrogens is 912 g/mol. The zero-order chi connectivity index (χ0) is 52.7. The molecule has 0 saturated heterocycles. The number of amides is 1. The first-order chi connectivity index (χ1) is 35.0. The highest BCUT2D eigenvalue weighted by atomic mass is 31.2. The van der Waals surface area contributed by atoms with Crippen LogP contribution in [0.4, 0.5) is 0 Å². The van der Waals surface area contributed by atoms with Gasteiger partial charge in [-0.1, -0.05) is 288 Å². The van der Waals surface area contributed by atoms with Crippen molar-refractivity contribution >= 4 is 13.7 Å². The Morgan fingerprint density at radius 1 is 0.472 bits per heavy atom. The number of unbranched alkanes of at least 4 members (excludes halogenated alkanes) is 41. The van der Waals surface area contributed by atoms with Gasteiger partial charge in [-0.15, -0.1) is 0 Å². The number of carbonyl (C=O) groups is 1. The van der Waals surface area contributed by atoms with Gasteiger partial charge in [0.15, 0.2) is 0 Å². The fraction of sp³-hybridized carbons (Fsp3) is 0.889. The molecule has 72 heavy (non-hydrogen) atoms. The lowest BCUT2D eigenvalue weighted by Gasteiger charge is -2.25. The van der Waals surface area contributed by atoms with Crippen molar-refractivity contribution in [2.45, 2.75) is 321 Å². The second kappa shape index (κ2) is 54.5. The van der Waals surface area contributed by atoms with Crippen molar-refractivity contribution in [3.8, 4) is 0 Å². The summed E-state index contributed by atoms with van der Waals surface area (Å²) in [6, 6.07) is -0.845. The Labute approximate surface area is 448 Å². The number of nitrogens with one attached hydrogen (secondary N) is 1. The van der Waals surface area contributed by atoms with E-state index in [0.717, 1.165) is 44.9 Å². The predicted molar refractivity (Wildman–Crippen MR) is 314 cm³/mol. The van der Waals surface area contributed by atoms with Gasteiger partial charge in [-0.05, 0) is 51.4 Å². The number of quaternary nitrogens is 1. The van der Waals surface area contributed by atoms with Crippen LogP contribution in [0.25, 0.3) is 0 Å². The number of likely N-dealkylation sites (N-methyl/N-ethyl adjacent to an activating group) is 1. The lowest BCUT2D eigenvalue weighted by molar-refractivity contribution is -0.870. The molecule has 0 aliphatic rings. The molecule has 0 fully saturated rings. The number of aliphatic hydroxyl groups is 1. The smallest absolute Gasteiger partial charge is 0.387 e. The molecule has 426 valence electrons. The summed E-state index contributed by atoms with van der Waals surface area (Å²) in [6.45, 7) is 4.85. The number of phosphoric acid groups is 1. The van der Waals surface area contributed by atoms with Crippen molar-refractivity contribution in [1.29, 1.82) is 0 Å². The summed E-state index contributed by atoms with van der Waals surface area (Å²) in [6.07, 6.45) is 71.3. The van der Waals surface area contributed by atoms with Crippen LogP contribution < -0.4 is 5.32 Å². The van der Waals surface area contributed by atoms with Gasteiger partial charge in [-0.2, -0.15) is 0 Å². The number of hydrogen-bond acceptors (Lipinski definition) is 5. The van der Waals surface area contributed by atoms with Gasteiger partial charge < -0.3 is 19.8 Å². The molecule has 0 aliphatic carbocycles. The fourth-order valence-corrected chi connectivity index (χ4v) is 10.2. The van der Waals surface area contributed by atoms with E-state index in [-0.39, 0.29) is 19.1 Å². The normalized spacial score (nSPS) is 14.0. The third-order valence-corrected chi connectivity index (χ3v) is 15.3. The Bertz CT molecular complexity index is 1270. The van der Waals surface area contributed by atoms with Crippen LogP contribution in [-0.2, 0) is 18.4 Å². The number of rotatable bonds is 58. The summed E-state index contributed by atoms with van der Waals surface area (Å²) < 4.78 is 23.7. The standard InChI is InChI=1S/C63H123N2O6P/c1-6-8-10-12-14-16-18-20-22-23-24-25-26-27-28-29-30-31-32-33-34-35-36-37-38-39-40-41-43-45-47-49-51-53-55-57-63(67)64-61(60-71-72(68,69)70-59-58-65(3,4)5)62(66)56-54-52-50-48-46-44-42-21-19-17-15-13-11-9-7-2/h26-27,29-30,54,56,61-62,66H,6-25,28,31-53,55,57-60H2,1-5H3,(H-,64,67,68,69)/p+1/b27-26-,30-29-,56-54+. The van der Waals surface area contributed by atoms with E-state index in [4.69, 9.17) is 9.05 Å². The molecule has 0 heterocycles. The third-order valence-electron chi connectivity index (χ3n) is 14.4. The van der Waals surface area contributed by atoms with Crippen molar-refractivity contribution < 1.29 is 32.9 Å². The van der Waals surface area contributed by atoms with Crippen LogP contribution in [-0.4, -0.2) is 73.4 Å². The topological polar surface area (TPSA) is 105 Å². The van der Waals surface area contributed by atoms with Crippen molar-refractivity contribution in [1.82, 2.24) is 5.32 Å². The summed E-state index contributed by atoms with van der Waals surface area (Å²) in [5.74, 6) is -0.173. The largest absolute Gasteiger partial charge is 0.472 e. The summed E-state index contributed by atoms with van der Waals surface area (Å²) in [7, 11) is 1.58. The average molecular weight is 1040 g/mol. The average Bonchev–Trinajstić information content (AvgIpc) is 3.34. The zero-order valence-corrected chi connectivity index (χ0v) is 49.6. The maximum Gasteiger partial charge on any atom is 0.472 e. The van der Waals surface area contributed by atoms with Crippen LogP contribution in [0.2, 0.25) is 0 Å². The Kier molecular flexibility index (Phi) is 53.5. The molecule has 0 aromatic heterocycles. The van der Waals surface area contributed by atoms with Gasteiger partial charge in [0.25, 0.3) is 0 Å². The van der Waals surface area contributed by atoms with E-state index in [9.17, 15) is 19.4 Å². The summed E-state index contributed by atoms with van der Waals surface area (Å²) in [5.41, 5.74) is 0. The monoisotopic (exact) mass is 1040 g/mol. The van der Waals surface area contributed by atoms with E-state index in [0.29, 0.717) is 17.4 Å². The van der Waals surface area contributed by atoms with Crippen molar-refractivity contribution in [2.75, 3.05) is 40.9 Å². The molecule has 3 atom stereocenters. The summed E-state index contributed by atoms with van der Waals surface area (Å²) in [5, 5.41) is 13.9. The number of nitrogens with zero attached hydrogens (tertiary/aromatic N) is 1. The Balaban J connectivity index is 3.99. The minimum absolute atomic E-state index is 0.0629. The lowest BCUT2D eigenvalue weighted by Crippen LogP contribution is -2.45. The van der Waals surface area contributed by atoms with E-state index in [2.05, 4.69) is 43.5 Å². The van der Waals surface area contributed by atoms with Crippen molar-refractivity contribution in [2.24, 2.45) is 0 Å². The number of allylic oxidation sites excluding steroid dienone is 5. The fourth-order valence-electron chi connectivity index (χ4n) is 9.43. The van der Waals surface area contributed by atoms with Crippen LogP contribution in [0.1, 0.15) is 309 Å². The second-order valence-electron chi connectivity index (χ2n) is 22.8. The summed E-state index contributed by atoms with van der Waals surface area (Å²) >= 11 is 0. The van der Waals surface area contributed by atoms with Gasteiger partial charge in [0.2, 0.25) is 5.91 Å². The maximum atomic E-state index is 13.0. The minimum Gasteiger partial charge on any atom is -0.387 e. The zero-order valence-electron chi connectivity index (χ0n) is 48.7. The molecule has 0 aliphatic heterocycles. The summed E-state index contributed by atoms with van der Waals surface area (Å²) in [4.78, 5) is 23.3. The first-order valence-corrected chi connectivity index (χ1v) is 32.9. The van der Waals surface area contributed by atoms with Gasteiger partial charge in [0, 0.05) is 6.42 Å². The molecule has 0 spiro atoms. The number of hydrogen-bond donors (Lipinski definition) is 3. The Hall–Kier alpha value is -1.28. The van der Waals surface area contributed by atoms with Gasteiger partial charge in [-0.3, -0.25) is 13.8 Å². The first-order valence-electron chi connectivity index (χ1n) is 31.4. The maximum absolute atomic E-state index is 13.0. The second-order valence-corrected chi connectivity index (χ2v) is 24.2. The molecule has 0 saturated carbocycles. The van der Waals surface area contributed by atoms with Crippen molar-refractivity contribution in [3.63, 3.8) is 0 Å². The molecule has 0 bridgehead atoms. The van der Waals surface area contributed by atoms with E-state index < -0.39 is 20.0 Å². The molecular formula is C63H124N2O6P+. The van der Waals surface area contributed by atoms with E-state index in [1.807, 2.05) is 27.2 Å². The molecule has 0 radical (unpaired) electrons. The van der Waals surface area contributed by atoms with Crippen LogP contribution in [0.3, 0.4) is 0 Å². The minimum atomic E-state index is -4.34. The Morgan fingerprint density at radius 3 is 1.14 bits per heavy atom. The Morgan fingerprint density at radius 2 is 0.792 bits per heavy atom. The number of phosphoric ester groups is 1. The molecule has 0 rings (SSSR count). The lowest BCUT2D eigenvalue weighted by atomic mass is 10.0. The van der Waals surface area contributed by atoms with Gasteiger partial charge in [0.1, 0.15) is 13.2 Å². The first kappa shape index (κ1) is 70.7. The molecule has 0 aromatic rings. The molecule has 3 N–H and O–H groups in total. The van der Waals surface area contributed by atoms with Crippen LogP contribution in [0.15, 0.2) is 36.5 Å². The van der Waals surface area contributed by atoms with E-state index in [1.54, 1.807) is 6.08 Å². The highest BCUT2D eigenvalue weighted by molar-refractivity contribution is 7.47. The van der Waals surface area contributed by atoms with Crippen LogP contribution >= 0.6 is 7.82 Å². The highest BCUT2D eigenvalue weighted by Gasteiger charge is 2.27. The van der Waals surface area contributed by atoms with Crippen molar-refractivity contribution in [3.05, 3.63) is 36.5 Å². The van der Waals surface area contributed by atoms with E-state index in [1.165, 1.54) is 244 Å². The van der Waals surface area contributed by atoms with Crippen LogP contribution in [0.5, 0.6) is 0 Å². The molecule has 1 amide bonds.